The van der Waals surface area contributed by atoms with E-state index in [1.165, 1.54) is 12.1 Å². The molecule has 2 aromatic rings. The highest BCUT2D eigenvalue weighted by molar-refractivity contribution is 5.95. The predicted molar refractivity (Wildman–Crippen MR) is 102 cm³/mol. The molecule has 11 heteroatoms. The minimum Gasteiger partial charge on any atom is -0.469 e. The van der Waals surface area contributed by atoms with Gasteiger partial charge in [-0.05, 0) is 48.7 Å². The van der Waals surface area contributed by atoms with Crippen LogP contribution in [-0.4, -0.2) is 25.0 Å². The molecule has 1 N–H and O–H groups in total. The van der Waals surface area contributed by atoms with Crippen LogP contribution in [0.2, 0.25) is 0 Å². The van der Waals surface area contributed by atoms with Crippen molar-refractivity contribution in [1.82, 2.24) is 5.32 Å². The van der Waals surface area contributed by atoms with E-state index in [1.54, 1.807) is 0 Å². The fourth-order valence-corrected chi connectivity index (χ4v) is 4.06. The molecule has 3 rings (SSSR count). The van der Waals surface area contributed by atoms with Crippen LogP contribution >= 0.6 is 0 Å². The highest BCUT2D eigenvalue weighted by atomic mass is 19.4. The molecular weight excluding hydrogens is 459 g/mol. The van der Waals surface area contributed by atoms with Crippen molar-refractivity contribution in [1.29, 1.82) is 0 Å². The summed E-state index contributed by atoms with van der Waals surface area (Å²) in [5.41, 5.74) is -3.58. The first-order chi connectivity index (χ1) is 15.3. The maximum Gasteiger partial charge on any atom is 0.416 e. The zero-order valence-corrected chi connectivity index (χ0v) is 17.1. The fraction of sp³-hybridized carbons (Fsp3) is 0.364. The van der Waals surface area contributed by atoms with Crippen LogP contribution in [0.5, 0.6) is 0 Å². The number of ether oxygens (including phenoxy) is 1. The number of hydrogen-bond donors (Lipinski definition) is 1. The number of esters is 1. The molecule has 0 spiro atoms. The Morgan fingerprint density at radius 3 is 1.94 bits per heavy atom. The van der Waals surface area contributed by atoms with Gasteiger partial charge in [0.25, 0.3) is 5.91 Å². The molecule has 3 atom stereocenters. The monoisotopic (exact) mass is 477 g/mol. The third-order valence-corrected chi connectivity index (χ3v) is 5.58. The number of alkyl halides is 6. The first kappa shape index (κ1) is 24.5. The Kier molecular flexibility index (Phi) is 6.71. The summed E-state index contributed by atoms with van der Waals surface area (Å²) in [6.07, 6.45) is -9.75. The van der Waals surface area contributed by atoms with Gasteiger partial charge < -0.3 is 10.1 Å². The highest BCUT2D eigenvalue weighted by Crippen LogP contribution is 2.41. The van der Waals surface area contributed by atoms with Gasteiger partial charge in [-0.15, -0.1) is 0 Å². The second-order valence-corrected chi connectivity index (χ2v) is 7.66. The third kappa shape index (κ3) is 5.45. The Balaban J connectivity index is 1.95. The second-order valence-electron chi connectivity index (χ2n) is 7.66. The van der Waals surface area contributed by atoms with Crippen LogP contribution < -0.4 is 5.32 Å². The molecular formula is C22H18F7NO3. The molecule has 1 amide bonds. The van der Waals surface area contributed by atoms with Gasteiger partial charge >= 0.3 is 18.3 Å². The molecule has 0 bridgehead atoms. The van der Waals surface area contributed by atoms with Crippen molar-refractivity contribution in [2.45, 2.75) is 37.2 Å². The summed E-state index contributed by atoms with van der Waals surface area (Å²) in [6.45, 7) is 0. The van der Waals surface area contributed by atoms with E-state index in [0.29, 0.717) is 17.7 Å². The maximum atomic E-state index is 13.3. The number of carbonyl (C=O) groups excluding carboxylic acids is 2. The van der Waals surface area contributed by atoms with E-state index in [4.69, 9.17) is 4.74 Å². The van der Waals surface area contributed by atoms with Crippen molar-refractivity contribution < 1.29 is 45.1 Å². The fourth-order valence-electron chi connectivity index (χ4n) is 4.06. The highest BCUT2D eigenvalue weighted by Gasteiger charge is 2.43. The van der Waals surface area contributed by atoms with Crippen LogP contribution in [-0.2, 0) is 21.9 Å². The largest absolute Gasteiger partial charge is 0.469 e. The molecule has 1 aliphatic rings. The van der Waals surface area contributed by atoms with Crippen molar-refractivity contribution >= 4 is 11.9 Å². The van der Waals surface area contributed by atoms with Crippen LogP contribution in [0, 0.1) is 11.7 Å². The molecule has 1 aliphatic carbocycles. The second kappa shape index (κ2) is 9.03. The van der Waals surface area contributed by atoms with E-state index >= 15 is 0 Å². The lowest BCUT2D eigenvalue weighted by Crippen LogP contribution is -2.39. The Bertz CT molecular complexity index is 1000. The normalized spacial score (nSPS) is 21.0. The van der Waals surface area contributed by atoms with E-state index in [2.05, 4.69) is 5.32 Å². The Morgan fingerprint density at radius 1 is 0.909 bits per heavy atom. The van der Waals surface area contributed by atoms with Gasteiger partial charge in [-0.25, -0.2) is 4.39 Å². The van der Waals surface area contributed by atoms with E-state index in [0.717, 1.165) is 19.2 Å². The average molecular weight is 477 g/mol. The van der Waals surface area contributed by atoms with Gasteiger partial charge in [0.15, 0.2) is 0 Å². The van der Waals surface area contributed by atoms with E-state index in [9.17, 15) is 40.3 Å². The summed E-state index contributed by atoms with van der Waals surface area (Å²) in [4.78, 5) is 24.9. The lowest BCUT2D eigenvalue weighted by Gasteiger charge is -2.25. The number of hydrogen-bond acceptors (Lipinski definition) is 3. The number of methoxy groups -OCH3 is 1. The molecule has 0 heterocycles. The van der Waals surface area contributed by atoms with Crippen LogP contribution in [0.3, 0.4) is 0 Å². The van der Waals surface area contributed by atoms with Crippen molar-refractivity contribution in [3.63, 3.8) is 0 Å². The molecule has 0 aliphatic heterocycles. The van der Waals surface area contributed by atoms with Gasteiger partial charge in [0.1, 0.15) is 5.82 Å². The van der Waals surface area contributed by atoms with Crippen molar-refractivity contribution in [3.05, 3.63) is 70.5 Å². The lowest BCUT2D eigenvalue weighted by atomic mass is 9.86. The zero-order chi connectivity index (χ0) is 24.6. The Hall–Kier alpha value is -3.11. The number of halogens is 7. The number of benzene rings is 2. The predicted octanol–water partition coefficient (Wildman–Crippen LogP) is 5.33. The molecule has 1 saturated carbocycles. The maximum absolute atomic E-state index is 13.3. The standard InChI is InChI=1S/C22H18F7NO3/c1-33-20(32)16-6-7-17(18(16)11-2-4-15(23)5-3-11)30-19(31)12-8-13(21(24,25)26)10-14(9-12)22(27,28)29/h2-5,8-10,16-18H,6-7H2,1H3,(H,30,31)/t16-,17+,18+/m1/s1. The number of rotatable bonds is 4. The topological polar surface area (TPSA) is 55.4 Å². The first-order valence-electron chi connectivity index (χ1n) is 9.75. The van der Waals surface area contributed by atoms with Crippen molar-refractivity contribution in [3.8, 4) is 0 Å². The van der Waals surface area contributed by atoms with Gasteiger partial charge in [-0.2, -0.15) is 26.3 Å². The summed E-state index contributed by atoms with van der Waals surface area (Å²) in [7, 11) is 1.16. The minimum absolute atomic E-state index is 0.0685. The third-order valence-electron chi connectivity index (χ3n) is 5.58. The van der Waals surface area contributed by atoms with Crippen LogP contribution in [0.4, 0.5) is 30.7 Å². The molecule has 2 aromatic carbocycles. The number of amides is 1. The number of carbonyl (C=O) groups is 2. The van der Waals surface area contributed by atoms with Gasteiger partial charge in [0.2, 0.25) is 0 Å². The number of nitrogens with one attached hydrogen (secondary N) is 1. The molecule has 0 radical (unpaired) electrons. The Morgan fingerprint density at radius 2 is 1.45 bits per heavy atom. The van der Waals surface area contributed by atoms with E-state index in [1.807, 2.05) is 0 Å². The van der Waals surface area contributed by atoms with Gasteiger partial charge in [0.05, 0.1) is 24.2 Å². The van der Waals surface area contributed by atoms with Crippen LogP contribution in [0.15, 0.2) is 42.5 Å². The molecule has 0 unspecified atom stereocenters. The molecule has 33 heavy (non-hydrogen) atoms. The summed E-state index contributed by atoms with van der Waals surface area (Å²) in [6, 6.07) is 4.87. The first-order valence-corrected chi connectivity index (χ1v) is 9.75. The smallest absolute Gasteiger partial charge is 0.416 e. The molecule has 178 valence electrons. The SMILES string of the molecule is COC(=O)[C@@H]1CC[C@H](NC(=O)c2cc(C(F)(F)F)cc(C(F)(F)F)c2)[C@H]1c1ccc(F)cc1. The molecule has 0 saturated heterocycles. The van der Waals surface area contributed by atoms with Crippen LogP contribution in [0.25, 0.3) is 0 Å². The molecule has 1 fully saturated rings. The summed E-state index contributed by atoms with van der Waals surface area (Å²) in [5.74, 6) is -3.75. The Labute approximate surface area is 183 Å². The van der Waals surface area contributed by atoms with E-state index < -0.39 is 64.6 Å². The van der Waals surface area contributed by atoms with Gasteiger partial charge in [0, 0.05) is 17.5 Å². The van der Waals surface area contributed by atoms with Crippen molar-refractivity contribution in [2.24, 2.45) is 5.92 Å². The zero-order valence-electron chi connectivity index (χ0n) is 17.1. The molecule has 4 nitrogen and oxygen atoms in total. The quantitative estimate of drug-likeness (QED) is 0.479. The van der Waals surface area contributed by atoms with Crippen molar-refractivity contribution in [2.75, 3.05) is 7.11 Å². The van der Waals surface area contributed by atoms with Gasteiger partial charge in [-0.3, -0.25) is 9.59 Å². The minimum atomic E-state index is -5.10. The average Bonchev–Trinajstić information content (AvgIpc) is 3.15. The summed E-state index contributed by atoms with van der Waals surface area (Å²) < 4.78 is 96.8. The lowest BCUT2D eigenvalue weighted by molar-refractivity contribution is -0.146. The summed E-state index contributed by atoms with van der Waals surface area (Å²) in [5, 5.41) is 2.45. The van der Waals surface area contributed by atoms with E-state index in [-0.39, 0.29) is 18.9 Å². The van der Waals surface area contributed by atoms with Crippen LogP contribution in [0.1, 0.15) is 45.8 Å². The summed E-state index contributed by atoms with van der Waals surface area (Å²) >= 11 is 0. The van der Waals surface area contributed by atoms with Gasteiger partial charge in [-0.1, -0.05) is 12.1 Å². The molecule has 0 aromatic heterocycles.